The second kappa shape index (κ2) is 8.46. The third-order valence-electron chi connectivity index (χ3n) is 7.47. The predicted molar refractivity (Wildman–Crippen MR) is 151 cm³/mol. The Hall–Kier alpha value is -4.63. The average molecular weight is 499 g/mol. The SMILES string of the molecule is FC(F)(F)c1ccc(-c2ccc3ccc4c(-c5ccccc5)cc(-c5ccccc5)c5ccc2c3c45)cc1. The van der Waals surface area contributed by atoms with Crippen molar-refractivity contribution in [2.45, 2.75) is 6.18 Å². The molecular formula is C35H21F3. The third kappa shape index (κ3) is 3.54. The van der Waals surface area contributed by atoms with Gasteiger partial charge in [-0.25, -0.2) is 0 Å². The summed E-state index contributed by atoms with van der Waals surface area (Å²) >= 11 is 0. The van der Waals surface area contributed by atoms with E-state index in [2.05, 4.69) is 84.9 Å². The topological polar surface area (TPSA) is 0 Å². The van der Waals surface area contributed by atoms with E-state index >= 15 is 0 Å². The lowest BCUT2D eigenvalue weighted by Crippen LogP contribution is -2.04. The van der Waals surface area contributed by atoms with Crippen LogP contribution in [0.4, 0.5) is 13.2 Å². The molecule has 7 rings (SSSR count). The van der Waals surface area contributed by atoms with Crippen molar-refractivity contribution in [1.29, 1.82) is 0 Å². The van der Waals surface area contributed by atoms with E-state index in [1.807, 2.05) is 18.2 Å². The zero-order chi connectivity index (χ0) is 25.9. The third-order valence-corrected chi connectivity index (χ3v) is 7.47. The van der Waals surface area contributed by atoms with Crippen LogP contribution in [-0.2, 0) is 6.18 Å². The molecule has 0 unspecified atom stereocenters. The lowest BCUT2D eigenvalue weighted by molar-refractivity contribution is -0.137. The number of alkyl halides is 3. The Bertz CT molecular complexity index is 1860. The van der Waals surface area contributed by atoms with E-state index in [1.165, 1.54) is 5.39 Å². The van der Waals surface area contributed by atoms with Crippen molar-refractivity contribution in [2.75, 3.05) is 0 Å². The number of hydrogen-bond donors (Lipinski definition) is 0. The molecule has 0 bridgehead atoms. The fourth-order valence-corrected chi connectivity index (χ4v) is 5.70. The molecule has 182 valence electrons. The van der Waals surface area contributed by atoms with E-state index < -0.39 is 11.7 Å². The number of benzene rings is 7. The van der Waals surface area contributed by atoms with Crippen molar-refractivity contribution in [2.24, 2.45) is 0 Å². The highest BCUT2D eigenvalue weighted by atomic mass is 19.4. The van der Waals surface area contributed by atoms with Crippen LogP contribution in [0.2, 0.25) is 0 Å². The van der Waals surface area contributed by atoms with Crippen LogP contribution in [0.3, 0.4) is 0 Å². The van der Waals surface area contributed by atoms with Crippen LogP contribution < -0.4 is 0 Å². The van der Waals surface area contributed by atoms with Crippen LogP contribution in [0.25, 0.3) is 65.7 Å². The molecular weight excluding hydrogens is 477 g/mol. The van der Waals surface area contributed by atoms with E-state index in [1.54, 1.807) is 12.1 Å². The first-order valence-corrected chi connectivity index (χ1v) is 12.5. The summed E-state index contributed by atoms with van der Waals surface area (Å²) in [5.41, 5.74) is 5.65. The fourth-order valence-electron chi connectivity index (χ4n) is 5.70. The van der Waals surface area contributed by atoms with Crippen molar-refractivity contribution in [3.63, 3.8) is 0 Å². The van der Waals surface area contributed by atoms with Crippen LogP contribution >= 0.6 is 0 Å². The molecule has 0 saturated carbocycles. The summed E-state index contributed by atoms with van der Waals surface area (Å²) in [6.07, 6.45) is -4.36. The van der Waals surface area contributed by atoms with Crippen molar-refractivity contribution in [3.05, 3.63) is 133 Å². The van der Waals surface area contributed by atoms with Gasteiger partial charge in [0.15, 0.2) is 0 Å². The summed E-state index contributed by atoms with van der Waals surface area (Å²) in [5, 5.41) is 6.77. The van der Waals surface area contributed by atoms with Crippen LogP contribution in [0, 0.1) is 0 Å². The molecule has 0 heterocycles. The average Bonchev–Trinajstić information content (AvgIpc) is 2.96. The Morgan fingerprint density at radius 2 is 0.868 bits per heavy atom. The maximum atomic E-state index is 13.2. The molecule has 0 radical (unpaired) electrons. The normalized spacial score (nSPS) is 12.1. The minimum absolute atomic E-state index is 0.640. The van der Waals surface area contributed by atoms with Gasteiger partial charge < -0.3 is 0 Å². The monoisotopic (exact) mass is 498 g/mol. The highest BCUT2D eigenvalue weighted by Crippen LogP contribution is 2.46. The minimum atomic E-state index is -4.36. The Morgan fingerprint density at radius 1 is 0.395 bits per heavy atom. The van der Waals surface area contributed by atoms with Gasteiger partial charge in [0.25, 0.3) is 0 Å². The fraction of sp³-hybridized carbons (Fsp3) is 0.0286. The molecule has 3 heteroatoms. The van der Waals surface area contributed by atoms with Crippen molar-refractivity contribution in [1.82, 2.24) is 0 Å². The Labute approximate surface area is 217 Å². The van der Waals surface area contributed by atoms with Crippen molar-refractivity contribution >= 4 is 32.3 Å². The van der Waals surface area contributed by atoms with E-state index in [0.717, 1.165) is 72.4 Å². The molecule has 7 aromatic rings. The summed E-state index contributed by atoms with van der Waals surface area (Å²) in [5.74, 6) is 0. The predicted octanol–water partition coefficient (Wildman–Crippen LogP) is 10.6. The van der Waals surface area contributed by atoms with Gasteiger partial charge in [0.1, 0.15) is 0 Å². The standard InChI is InChI=1S/C35H21F3/c36-35(37,38)26-15-11-24(12-16-26)27-17-13-25-14-18-29-31(22-7-3-1-4-8-22)21-32(23-9-5-2-6-10-23)30-20-19-28(27)33(25)34(29)30/h1-21H. The Kier molecular flexibility index (Phi) is 5.02. The molecule has 0 aliphatic carbocycles. The van der Waals surface area contributed by atoms with Crippen LogP contribution in [0.1, 0.15) is 5.56 Å². The van der Waals surface area contributed by atoms with E-state index in [0.29, 0.717) is 0 Å². The minimum Gasteiger partial charge on any atom is -0.166 e. The highest BCUT2D eigenvalue weighted by molar-refractivity contribution is 6.29. The summed E-state index contributed by atoms with van der Waals surface area (Å²) in [6.45, 7) is 0. The number of halogens is 3. The van der Waals surface area contributed by atoms with Gasteiger partial charge in [0.2, 0.25) is 0 Å². The van der Waals surface area contributed by atoms with Gasteiger partial charge in [0.05, 0.1) is 5.56 Å². The summed E-state index contributed by atoms with van der Waals surface area (Å²) in [7, 11) is 0. The molecule has 38 heavy (non-hydrogen) atoms. The molecule has 7 aromatic carbocycles. The molecule has 0 aliphatic rings. The second-order valence-corrected chi connectivity index (χ2v) is 9.64. The van der Waals surface area contributed by atoms with Crippen LogP contribution in [0.15, 0.2) is 127 Å². The lowest BCUT2D eigenvalue weighted by Gasteiger charge is -2.19. The van der Waals surface area contributed by atoms with Crippen LogP contribution in [-0.4, -0.2) is 0 Å². The largest absolute Gasteiger partial charge is 0.416 e. The quantitative estimate of drug-likeness (QED) is 0.213. The van der Waals surface area contributed by atoms with E-state index in [9.17, 15) is 13.2 Å². The zero-order valence-electron chi connectivity index (χ0n) is 20.3. The van der Waals surface area contributed by atoms with Crippen molar-refractivity contribution < 1.29 is 13.2 Å². The first-order valence-electron chi connectivity index (χ1n) is 12.5. The molecule has 0 nitrogen and oxygen atoms in total. The van der Waals surface area contributed by atoms with Gasteiger partial charge in [-0.3, -0.25) is 0 Å². The highest BCUT2D eigenvalue weighted by Gasteiger charge is 2.30. The molecule has 0 atom stereocenters. The van der Waals surface area contributed by atoms with Gasteiger partial charge in [-0.1, -0.05) is 109 Å². The van der Waals surface area contributed by atoms with Crippen LogP contribution in [0.5, 0.6) is 0 Å². The lowest BCUT2D eigenvalue weighted by atomic mass is 9.84. The Balaban J connectivity index is 1.57. The number of rotatable bonds is 3. The van der Waals surface area contributed by atoms with E-state index in [-0.39, 0.29) is 0 Å². The van der Waals surface area contributed by atoms with Gasteiger partial charge >= 0.3 is 6.18 Å². The molecule has 0 saturated heterocycles. The molecule has 0 aromatic heterocycles. The maximum absolute atomic E-state index is 13.2. The summed E-state index contributed by atoms with van der Waals surface area (Å²) in [4.78, 5) is 0. The van der Waals surface area contributed by atoms with Gasteiger partial charge in [-0.15, -0.1) is 0 Å². The first kappa shape index (κ1) is 22.6. The zero-order valence-corrected chi connectivity index (χ0v) is 20.3. The molecule has 0 N–H and O–H groups in total. The van der Waals surface area contributed by atoms with Gasteiger partial charge in [0, 0.05) is 0 Å². The number of hydrogen-bond acceptors (Lipinski definition) is 0. The Morgan fingerprint density at radius 3 is 1.42 bits per heavy atom. The van der Waals surface area contributed by atoms with Crippen molar-refractivity contribution in [3.8, 4) is 33.4 Å². The molecule has 0 spiro atoms. The maximum Gasteiger partial charge on any atom is 0.416 e. The second-order valence-electron chi connectivity index (χ2n) is 9.64. The van der Waals surface area contributed by atoms with Gasteiger partial charge in [-0.2, -0.15) is 13.2 Å². The summed E-state index contributed by atoms with van der Waals surface area (Å²) in [6, 6.07) is 41.2. The first-order chi connectivity index (χ1) is 18.5. The van der Waals surface area contributed by atoms with E-state index in [4.69, 9.17) is 0 Å². The summed E-state index contributed by atoms with van der Waals surface area (Å²) < 4.78 is 39.6. The molecule has 0 amide bonds. The smallest absolute Gasteiger partial charge is 0.166 e. The molecule has 0 fully saturated rings. The molecule has 0 aliphatic heterocycles. The van der Waals surface area contributed by atoms with Gasteiger partial charge in [-0.05, 0) is 83.9 Å².